The Balaban J connectivity index is 1.49. The molecular formula is C19H21F3N2O3. The second kappa shape index (κ2) is 6.73. The monoisotopic (exact) mass is 382 g/mol. The fraction of sp³-hybridized carbons (Fsp3) is 0.579. The lowest BCUT2D eigenvalue weighted by Gasteiger charge is -2.52. The van der Waals surface area contributed by atoms with Gasteiger partial charge >= 0.3 is 6.36 Å². The van der Waals surface area contributed by atoms with Gasteiger partial charge in [0.1, 0.15) is 5.75 Å². The normalized spacial score (nSPS) is 28.0. The molecule has 4 rings (SSSR count). The summed E-state index contributed by atoms with van der Waals surface area (Å²) in [7, 11) is 0. The van der Waals surface area contributed by atoms with Crippen molar-refractivity contribution in [2.24, 2.45) is 11.8 Å². The van der Waals surface area contributed by atoms with Crippen LogP contribution < -0.4 is 4.74 Å². The Kier molecular flexibility index (Phi) is 4.52. The number of hydrogen-bond donors (Lipinski definition) is 0. The first kappa shape index (κ1) is 18.1. The van der Waals surface area contributed by atoms with E-state index in [0.717, 1.165) is 25.3 Å². The molecule has 3 heterocycles. The minimum atomic E-state index is -4.79. The largest absolute Gasteiger partial charge is 0.573 e. The smallest absolute Gasteiger partial charge is 0.406 e. The number of carbonyl (C=O) groups is 2. The van der Waals surface area contributed by atoms with E-state index < -0.39 is 12.1 Å². The minimum Gasteiger partial charge on any atom is -0.406 e. The van der Waals surface area contributed by atoms with E-state index in [1.54, 1.807) is 4.90 Å². The SMILES string of the molecule is O=C(c1cccc(OC(F)(F)F)c1)N1C[C@H]2C[C@H](C1)[C@H]1CCCC(=O)N1C2. The summed E-state index contributed by atoms with van der Waals surface area (Å²) in [6, 6.07) is 5.39. The lowest BCUT2D eigenvalue weighted by molar-refractivity contribution is -0.274. The molecular weight excluding hydrogens is 361 g/mol. The van der Waals surface area contributed by atoms with E-state index in [2.05, 4.69) is 4.74 Å². The molecule has 0 N–H and O–H groups in total. The number of rotatable bonds is 2. The number of nitrogens with zero attached hydrogens (tertiary/aromatic N) is 2. The second-order valence-electron chi connectivity index (χ2n) is 7.65. The number of hydrogen-bond acceptors (Lipinski definition) is 3. The van der Waals surface area contributed by atoms with E-state index in [-0.39, 0.29) is 35.3 Å². The molecule has 1 aromatic carbocycles. The van der Waals surface area contributed by atoms with Crippen LogP contribution in [0.5, 0.6) is 5.75 Å². The van der Waals surface area contributed by atoms with Crippen LogP contribution in [0.25, 0.3) is 0 Å². The van der Waals surface area contributed by atoms with Crippen molar-refractivity contribution < 1.29 is 27.5 Å². The summed E-state index contributed by atoms with van der Waals surface area (Å²) in [6.45, 7) is 1.73. The van der Waals surface area contributed by atoms with E-state index in [1.807, 2.05) is 4.90 Å². The van der Waals surface area contributed by atoms with E-state index in [4.69, 9.17) is 0 Å². The fourth-order valence-electron chi connectivity index (χ4n) is 4.78. The molecule has 0 aromatic heterocycles. The third-order valence-electron chi connectivity index (χ3n) is 5.78. The number of amides is 2. The van der Waals surface area contributed by atoms with Gasteiger partial charge in [0, 0.05) is 37.7 Å². The summed E-state index contributed by atoms with van der Waals surface area (Å²) in [6.07, 6.45) is -1.35. The number of carbonyl (C=O) groups excluding carboxylic acids is 2. The van der Waals surface area contributed by atoms with Crippen molar-refractivity contribution in [1.29, 1.82) is 0 Å². The summed E-state index contributed by atoms with van der Waals surface area (Å²) in [5, 5.41) is 0. The van der Waals surface area contributed by atoms with E-state index in [1.165, 1.54) is 18.2 Å². The van der Waals surface area contributed by atoms with E-state index >= 15 is 0 Å². The van der Waals surface area contributed by atoms with Crippen LogP contribution in [0.1, 0.15) is 36.0 Å². The highest BCUT2D eigenvalue weighted by Crippen LogP contribution is 2.38. The van der Waals surface area contributed by atoms with Crippen molar-refractivity contribution in [3.63, 3.8) is 0 Å². The predicted molar refractivity (Wildman–Crippen MR) is 90.0 cm³/mol. The van der Waals surface area contributed by atoms with Gasteiger partial charge in [-0.3, -0.25) is 9.59 Å². The number of benzene rings is 1. The highest BCUT2D eigenvalue weighted by Gasteiger charge is 2.44. The number of alkyl halides is 3. The maximum Gasteiger partial charge on any atom is 0.573 e. The third-order valence-corrected chi connectivity index (χ3v) is 5.78. The average molecular weight is 382 g/mol. The molecule has 0 radical (unpaired) electrons. The van der Waals surface area contributed by atoms with Gasteiger partial charge in [-0.15, -0.1) is 13.2 Å². The number of fused-ring (bicyclic) bond motifs is 4. The van der Waals surface area contributed by atoms with Gasteiger partial charge in [0.25, 0.3) is 5.91 Å². The van der Waals surface area contributed by atoms with Gasteiger partial charge in [0.05, 0.1) is 0 Å². The summed E-state index contributed by atoms with van der Waals surface area (Å²) in [4.78, 5) is 28.8. The van der Waals surface area contributed by atoms with Gasteiger partial charge in [-0.05, 0) is 49.3 Å². The Labute approximate surface area is 155 Å². The lowest BCUT2D eigenvalue weighted by atomic mass is 9.76. The van der Waals surface area contributed by atoms with Crippen molar-refractivity contribution in [3.05, 3.63) is 29.8 Å². The van der Waals surface area contributed by atoms with Crippen LogP contribution in [-0.4, -0.2) is 53.7 Å². The molecule has 5 nitrogen and oxygen atoms in total. The fourth-order valence-corrected chi connectivity index (χ4v) is 4.78. The number of halogens is 3. The Hall–Kier alpha value is -2.25. The third kappa shape index (κ3) is 3.75. The Morgan fingerprint density at radius 2 is 2.00 bits per heavy atom. The Morgan fingerprint density at radius 1 is 1.19 bits per heavy atom. The first-order chi connectivity index (χ1) is 12.8. The summed E-state index contributed by atoms with van der Waals surface area (Å²) in [5.74, 6) is -0.0128. The molecule has 2 bridgehead atoms. The Morgan fingerprint density at radius 3 is 2.78 bits per heavy atom. The molecule has 146 valence electrons. The second-order valence-corrected chi connectivity index (χ2v) is 7.65. The molecule has 8 heteroatoms. The highest BCUT2D eigenvalue weighted by molar-refractivity contribution is 5.94. The quantitative estimate of drug-likeness (QED) is 0.790. The molecule has 0 aliphatic carbocycles. The van der Waals surface area contributed by atoms with Crippen LogP contribution in [-0.2, 0) is 4.79 Å². The molecule has 3 saturated heterocycles. The van der Waals surface area contributed by atoms with Crippen molar-refractivity contribution in [2.45, 2.75) is 38.1 Å². The summed E-state index contributed by atoms with van der Waals surface area (Å²) in [5.41, 5.74) is 0.188. The van der Waals surface area contributed by atoms with Gasteiger partial charge in [0.15, 0.2) is 0 Å². The molecule has 0 unspecified atom stereocenters. The molecule has 2 amide bonds. The molecule has 3 aliphatic rings. The molecule has 3 aliphatic heterocycles. The summed E-state index contributed by atoms with van der Waals surface area (Å²) >= 11 is 0. The topological polar surface area (TPSA) is 49.9 Å². The first-order valence-corrected chi connectivity index (χ1v) is 9.25. The van der Waals surface area contributed by atoms with Crippen molar-refractivity contribution in [2.75, 3.05) is 19.6 Å². The lowest BCUT2D eigenvalue weighted by Crippen LogP contribution is -2.61. The maximum absolute atomic E-state index is 12.9. The van der Waals surface area contributed by atoms with Crippen molar-refractivity contribution >= 4 is 11.8 Å². The standard InChI is InChI=1S/C19H21F3N2O3/c20-19(21,22)27-15-4-1-3-13(8-15)18(26)23-9-12-7-14(11-23)16-5-2-6-17(25)24(16)10-12/h1,3-4,8,12,14,16H,2,5-7,9-11H2/t12-,14-,16-/m1/s1. The van der Waals surface area contributed by atoms with Gasteiger partial charge in [-0.2, -0.15) is 0 Å². The van der Waals surface area contributed by atoms with Crippen LogP contribution >= 0.6 is 0 Å². The maximum atomic E-state index is 12.9. The molecule has 3 fully saturated rings. The van der Waals surface area contributed by atoms with Gasteiger partial charge in [-0.25, -0.2) is 0 Å². The molecule has 3 atom stereocenters. The number of likely N-dealkylation sites (tertiary alicyclic amines) is 1. The van der Waals surface area contributed by atoms with E-state index in [0.29, 0.717) is 26.1 Å². The molecule has 0 saturated carbocycles. The van der Waals surface area contributed by atoms with Crippen LogP contribution in [0.15, 0.2) is 24.3 Å². The van der Waals surface area contributed by atoms with Gasteiger partial charge in [0.2, 0.25) is 5.91 Å². The van der Waals surface area contributed by atoms with Crippen LogP contribution in [0, 0.1) is 11.8 Å². The Bertz CT molecular complexity index is 752. The highest BCUT2D eigenvalue weighted by atomic mass is 19.4. The van der Waals surface area contributed by atoms with Crippen LogP contribution in [0.4, 0.5) is 13.2 Å². The molecule has 0 spiro atoms. The van der Waals surface area contributed by atoms with Crippen molar-refractivity contribution in [1.82, 2.24) is 9.80 Å². The number of ether oxygens (including phenoxy) is 1. The number of piperidine rings is 3. The minimum absolute atomic E-state index is 0.179. The zero-order chi connectivity index (χ0) is 19.2. The van der Waals surface area contributed by atoms with Gasteiger partial charge < -0.3 is 14.5 Å². The van der Waals surface area contributed by atoms with Crippen molar-refractivity contribution in [3.8, 4) is 5.75 Å². The predicted octanol–water partition coefficient (Wildman–Crippen LogP) is 3.06. The zero-order valence-electron chi connectivity index (χ0n) is 14.7. The van der Waals surface area contributed by atoms with Gasteiger partial charge in [-0.1, -0.05) is 6.07 Å². The molecule has 27 heavy (non-hydrogen) atoms. The van der Waals surface area contributed by atoms with Crippen LogP contribution in [0.2, 0.25) is 0 Å². The van der Waals surface area contributed by atoms with Crippen LogP contribution in [0.3, 0.4) is 0 Å². The zero-order valence-corrected chi connectivity index (χ0v) is 14.7. The average Bonchev–Trinajstić information content (AvgIpc) is 2.61. The molecule has 1 aromatic rings. The first-order valence-electron chi connectivity index (χ1n) is 9.25. The van der Waals surface area contributed by atoms with E-state index in [9.17, 15) is 22.8 Å². The summed E-state index contributed by atoms with van der Waals surface area (Å²) < 4.78 is 41.2.